The molecule has 0 unspecified atom stereocenters. The molecule has 2 aliphatic heterocycles. The van der Waals surface area contributed by atoms with E-state index in [0.29, 0.717) is 5.91 Å². The highest BCUT2D eigenvalue weighted by Gasteiger charge is 2.32. The molecule has 2 heterocycles. The van der Waals surface area contributed by atoms with Crippen molar-refractivity contribution in [3.63, 3.8) is 0 Å². The van der Waals surface area contributed by atoms with Gasteiger partial charge in [-0.2, -0.15) is 0 Å². The number of likely N-dealkylation sites (tertiary alicyclic amines) is 1. The van der Waals surface area contributed by atoms with Crippen molar-refractivity contribution in [3.8, 4) is 0 Å². The van der Waals surface area contributed by atoms with Gasteiger partial charge in [0.2, 0.25) is 5.91 Å². The number of halogens is 1. The van der Waals surface area contributed by atoms with Crippen LogP contribution in [0, 0.1) is 5.92 Å². The van der Waals surface area contributed by atoms with Crippen molar-refractivity contribution in [1.29, 1.82) is 0 Å². The minimum atomic E-state index is 0.190. The molecule has 2 aliphatic rings. The van der Waals surface area contributed by atoms with E-state index in [9.17, 15) is 4.79 Å². The van der Waals surface area contributed by atoms with Crippen LogP contribution in [-0.4, -0.2) is 30.4 Å². The molecule has 0 saturated carbocycles. The lowest BCUT2D eigenvalue weighted by Gasteiger charge is -2.34. The second-order valence-corrected chi connectivity index (χ2v) is 7.98. The molecular formula is C22H26ClN2O+. The summed E-state index contributed by atoms with van der Waals surface area (Å²) in [4.78, 5) is 16.6. The van der Waals surface area contributed by atoms with Crippen molar-refractivity contribution >= 4 is 17.5 Å². The largest absolute Gasteiger partial charge is 0.338 e. The van der Waals surface area contributed by atoms with Gasteiger partial charge < -0.3 is 9.80 Å². The van der Waals surface area contributed by atoms with Gasteiger partial charge in [-0.3, -0.25) is 4.79 Å². The zero-order chi connectivity index (χ0) is 17.9. The summed E-state index contributed by atoms with van der Waals surface area (Å²) >= 11 is 6.29. The number of carbonyl (C=O) groups excluding carboxylic acids is 1. The van der Waals surface area contributed by atoms with Gasteiger partial charge in [0.15, 0.2) is 0 Å². The van der Waals surface area contributed by atoms with Crippen LogP contribution >= 0.6 is 11.6 Å². The van der Waals surface area contributed by atoms with Crippen molar-refractivity contribution < 1.29 is 9.69 Å². The fourth-order valence-electron chi connectivity index (χ4n) is 4.30. The van der Waals surface area contributed by atoms with Crippen molar-refractivity contribution in [2.75, 3.05) is 19.6 Å². The van der Waals surface area contributed by atoms with Crippen LogP contribution < -0.4 is 4.90 Å². The Morgan fingerprint density at radius 3 is 2.50 bits per heavy atom. The van der Waals surface area contributed by atoms with E-state index in [0.717, 1.165) is 57.0 Å². The minimum absolute atomic E-state index is 0.190. The molecule has 1 fully saturated rings. The van der Waals surface area contributed by atoms with Crippen molar-refractivity contribution in [2.45, 2.75) is 32.4 Å². The lowest BCUT2D eigenvalue weighted by Crippen LogP contribution is -3.11. The van der Waals surface area contributed by atoms with Gasteiger partial charge in [-0.1, -0.05) is 54.1 Å². The molecule has 1 N–H and O–H groups in total. The summed E-state index contributed by atoms with van der Waals surface area (Å²) in [6.07, 6.45) is 2.95. The average molecular weight is 370 g/mol. The molecule has 3 nitrogen and oxygen atoms in total. The van der Waals surface area contributed by atoms with Gasteiger partial charge in [0.1, 0.15) is 6.54 Å². The molecule has 1 amide bonds. The quantitative estimate of drug-likeness (QED) is 0.884. The Kier molecular flexibility index (Phi) is 5.28. The maximum absolute atomic E-state index is 13.0. The first-order chi connectivity index (χ1) is 12.7. The molecule has 0 spiro atoms. The van der Waals surface area contributed by atoms with E-state index in [1.54, 1.807) is 0 Å². The summed E-state index contributed by atoms with van der Waals surface area (Å²) < 4.78 is 0. The van der Waals surface area contributed by atoms with Gasteiger partial charge in [0.05, 0.1) is 13.1 Å². The van der Waals surface area contributed by atoms with E-state index >= 15 is 0 Å². The van der Waals surface area contributed by atoms with E-state index in [1.165, 1.54) is 21.6 Å². The third-order valence-electron chi connectivity index (χ3n) is 5.88. The molecule has 0 aliphatic carbocycles. The van der Waals surface area contributed by atoms with E-state index in [1.807, 2.05) is 18.2 Å². The number of carbonyl (C=O) groups is 1. The van der Waals surface area contributed by atoms with Gasteiger partial charge in [-0.05, 0) is 23.6 Å². The van der Waals surface area contributed by atoms with E-state index in [2.05, 4.69) is 35.2 Å². The number of rotatable bonds is 3. The number of fused-ring (bicyclic) bond motifs is 1. The van der Waals surface area contributed by atoms with Gasteiger partial charge in [0.25, 0.3) is 0 Å². The van der Waals surface area contributed by atoms with Crippen LogP contribution in [0.15, 0.2) is 48.5 Å². The maximum Gasteiger partial charge on any atom is 0.226 e. The molecule has 0 atom stereocenters. The first kappa shape index (κ1) is 17.6. The Labute approximate surface area is 160 Å². The number of hydrogen-bond donors (Lipinski definition) is 1. The summed E-state index contributed by atoms with van der Waals surface area (Å²) in [5.41, 5.74) is 3.92. The van der Waals surface area contributed by atoms with Crippen LogP contribution in [-0.2, 0) is 24.3 Å². The number of nitrogens with one attached hydrogen (secondary N) is 1. The molecular weight excluding hydrogens is 344 g/mol. The highest BCUT2D eigenvalue weighted by atomic mass is 35.5. The van der Waals surface area contributed by atoms with Gasteiger partial charge in [-0.25, -0.2) is 0 Å². The van der Waals surface area contributed by atoms with Crippen molar-refractivity contribution in [2.24, 2.45) is 5.92 Å². The van der Waals surface area contributed by atoms with Crippen LogP contribution in [0.25, 0.3) is 0 Å². The van der Waals surface area contributed by atoms with Crippen molar-refractivity contribution in [1.82, 2.24) is 4.90 Å². The molecule has 26 heavy (non-hydrogen) atoms. The van der Waals surface area contributed by atoms with Crippen LogP contribution in [0.3, 0.4) is 0 Å². The van der Waals surface area contributed by atoms with E-state index < -0.39 is 0 Å². The molecule has 136 valence electrons. The number of quaternary nitrogens is 1. The maximum atomic E-state index is 13.0. The molecule has 0 bridgehead atoms. The second kappa shape index (κ2) is 7.81. The number of amides is 1. The number of hydrogen-bond acceptors (Lipinski definition) is 1. The fraction of sp³-hybridized carbons (Fsp3) is 0.409. The van der Waals surface area contributed by atoms with E-state index in [4.69, 9.17) is 11.6 Å². The van der Waals surface area contributed by atoms with Crippen LogP contribution in [0.2, 0.25) is 5.02 Å². The zero-order valence-corrected chi connectivity index (χ0v) is 15.8. The SMILES string of the molecule is O=C(C1CC[NH+](Cc2ccccc2Cl)CC1)N1CCc2ccccc2C1. The monoisotopic (exact) mass is 369 g/mol. The Bertz CT molecular complexity index is 783. The number of piperidine rings is 1. The Morgan fingerprint density at radius 1 is 1.04 bits per heavy atom. The summed E-state index contributed by atoms with van der Waals surface area (Å²) in [7, 11) is 0. The van der Waals surface area contributed by atoms with Gasteiger partial charge in [-0.15, -0.1) is 0 Å². The van der Waals surface area contributed by atoms with Crippen LogP contribution in [0.1, 0.15) is 29.5 Å². The summed E-state index contributed by atoms with van der Waals surface area (Å²) in [6.45, 7) is 4.69. The normalized spacial score (nSPS) is 22.7. The molecule has 2 aromatic carbocycles. The smallest absolute Gasteiger partial charge is 0.226 e. The minimum Gasteiger partial charge on any atom is -0.338 e. The molecule has 0 radical (unpaired) electrons. The lowest BCUT2D eigenvalue weighted by atomic mass is 9.93. The first-order valence-electron chi connectivity index (χ1n) is 9.63. The first-order valence-corrected chi connectivity index (χ1v) is 10.0. The highest BCUT2D eigenvalue weighted by Crippen LogP contribution is 2.22. The van der Waals surface area contributed by atoms with Gasteiger partial charge >= 0.3 is 0 Å². The molecule has 2 aromatic rings. The topological polar surface area (TPSA) is 24.8 Å². The number of benzene rings is 2. The molecule has 4 heteroatoms. The van der Waals surface area contributed by atoms with Crippen LogP contribution in [0.5, 0.6) is 0 Å². The molecule has 4 rings (SSSR count). The standard InChI is InChI=1S/C22H25ClN2O/c23-21-8-4-3-7-20(21)15-24-12-9-18(10-13-24)22(26)25-14-11-17-5-1-2-6-19(17)16-25/h1-8,18H,9-16H2/p+1. The second-order valence-electron chi connectivity index (χ2n) is 7.57. The number of nitrogens with zero attached hydrogens (tertiary/aromatic N) is 1. The predicted octanol–water partition coefficient (Wildman–Crippen LogP) is 2.72. The predicted molar refractivity (Wildman–Crippen MR) is 104 cm³/mol. The summed E-state index contributed by atoms with van der Waals surface area (Å²) in [5.74, 6) is 0.548. The molecule has 1 saturated heterocycles. The van der Waals surface area contributed by atoms with Crippen molar-refractivity contribution in [3.05, 3.63) is 70.2 Å². The third-order valence-corrected chi connectivity index (χ3v) is 6.25. The zero-order valence-electron chi connectivity index (χ0n) is 15.1. The highest BCUT2D eigenvalue weighted by molar-refractivity contribution is 6.31. The molecule has 0 aromatic heterocycles. The Morgan fingerprint density at radius 2 is 1.73 bits per heavy atom. The lowest BCUT2D eigenvalue weighted by molar-refractivity contribution is -0.919. The Balaban J connectivity index is 1.32. The Hall–Kier alpha value is -1.84. The van der Waals surface area contributed by atoms with Crippen LogP contribution in [0.4, 0.5) is 0 Å². The third kappa shape index (κ3) is 3.79. The van der Waals surface area contributed by atoms with Gasteiger partial charge in [0, 0.05) is 42.4 Å². The fourth-order valence-corrected chi connectivity index (χ4v) is 4.51. The average Bonchev–Trinajstić information content (AvgIpc) is 2.69. The summed E-state index contributed by atoms with van der Waals surface area (Å²) in [6, 6.07) is 16.6. The summed E-state index contributed by atoms with van der Waals surface area (Å²) in [5, 5.41) is 0.852. The van der Waals surface area contributed by atoms with E-state index in [-0.39, 0.29) is 5.92 Å².